The molecular weight excluding hydrogens is 184 g/mol. The van der Waals surface area contributed by atoms with Crippen LogP contribution >= 0.6 is 0 Å². The van der Waals surface area contributed by atoms with Crippen molar-refractivity contribution in [3.05, 3.63) is 11.6 Å². The van der Waals surface area contributed by atoms with E-state index in [9.17, 15) is 14.7 Å². The second-order valence-electron chi connectivity index (χ2n) is 3.37. The summed E-state index contributed by atoms with van der Waals surface area (Å²) in [5.41, 5.74) is -1.23. The largest absolute Gasteiger partial charge is 0.464 e. The summed E-state index contributed by atoms with van der Waals surface area (Å²) in [6.07, 6.45) is 1.61. The average molecular weight is 198 g/mol. The lowest BCUT2D eigenvalue weighted by Crippen LogP contribution is -2.43. The maximum Gasteiger partial charge on any atom is 0.342 e. The highest BCUT2D eigenvalue weighted by molar-refractivity contribution is 5.96. The second kappa shape index (κ2) is 3.92. The van der Waals surface area contributed by atoms with E-state index in [1.807, 2.05) is 0 Å². The molecule has 1 rings (SSSR count). The minimum Gasteiger partial charge on any atom is -0.464 e. The third-order valence-corrected chi connectivity index (χ3v) is 2.38. The summed E-state index contributed by atoms with van der Waals surface area (Å²) in [7, 11) is 0. The molecule has 1 aliphatic rings. The van der Waals surface area contributed by atoms with Crippen molar-refractivity contribution in [2.75, 3.05) is 6.61 Å². The van der Waals surface area contributed by atoms with Gasteiger partial charge in [-0.25, -0.2) is 4.79 Å². The van der Waals surface area contributed by atoms with E-state index in [0.717, 1.165) is 0 Å². The van der Waals surface area contributed by atoms with Gasteiger partial charge < -0.3 is 9.84 Å². The molecule has 1 unspecified atom stereocenters. The summed E-state index contributed by atoms with van der Waals surface area (Å²) in [6.45, 7) is 3.46. The summed E-state index contributed by atoms with van der Waals surface area (Å²) >= 11 is 0. The van der Waals surface area contributed by atoms with Gasteiger partial charge in [0.1, 0.15) is 0 Å². The molecule has 0 aliphatic heterocycles. The van der Waals surface area contributed by atoms with E-state index in [4.69, 9.17) is 4.74 Å². The van der Waals surface area contributed by atoms with E-state index >= 15 is 0 Å². The fourth-order valence-corrected chi connectivity index (χ4v) is 1.45. The number of hydrogen-bond acceptors (Lipinski definition) is 4. The Morgan fingerprint density at radius 1 is 1.71 bits per heavy atom. The minimum atomic E-state index is -1.59. The molecule has 1 aliphatic carbocycles. The van der Waals surface area contributed by atoms with Gasteiger partial charge in [-0.1, -0.05) is 0 Å². The molecule has 0 saturated heterocycles. The second-order valence-corrected chi connectivity index (χ2v) is 3.37. The molecule has 0 saturated carbocycles. The van der Waals surface area contributed by atoms with Crippen LogP contribution in [0.2, 0.25) is 0 Å². The maximum atomic E-state index is 11.4. The zero-order chi connectivity index (χ0) is 10.8. The van der Waals surface area contributed by atoms with Crippen LogP contribution in [0.15, 0.2) is 11.6 Å². The Bertz CT molecular complexity index is 292. The fraction of sp³-hybridized carbons (Fsp3) is 0.600. The van der Waals surface area contributed by atoms with Gasteiger partial charge in [0.05, 0.1) is 6.61 Å². The predicted octanol–water partition coefficient (Wildman–Crippen LogP) is 0.590. The molecule has 0 amide bonds. The van der Waals surface area contributed by atoms with Gasteiger partial charge in [0.25, 0.3) is 0 Å². The molecular formula is C10H14O4. The highest BCUT2D eigenvalue weighted by Crippen LogP contribution is 2.28. The molecule has 4 heteroatoms. The summed E-state index contributed by atoms with van der Waals surface area (Å²) in [6, 6.07) is 0. The van der Waals surface area contributed by atoms with Crippen molar-refractivity contribution in [1.82, 2.24) is 0 Å². The number of hydrogen-bond donors (Lipinski definition) is 1. The standard InChI is InChI=1S/C10H14O4/c1-3-14-9(12)10(13)5-4-8(11)6-7(10)2/h6,13H,3-5H2,1-2H3. The van der Waals surface area contributed by atoms with Crippen LogP contribution in [0, 0.1) is 0 Å². The third-order valence-electron chi connectivity index (χ3n) is 2.38. The van der Waals surface area contributed by atoms with Gasteiger partial charge in [0.15, 0.2) is 11.4 Å². The molecule has 0 aromatic rings. The van der Waals surface area contributed by atoms with Gasteiger partial charge in [0.2, 0.25) is 0 Å². The minimum absolute atomic E-state index is 0.0588. The van der Waals surface area contributed by atoms with Crippen LogP contribution in [0.4, 0.5) is 0 Å². The quantitative estimate of drug-likeness (QED) is 0.659. The van der Waals surface area contributed by atoms with Crippen LogP contribution < -0.4 is 0 Å². The molecule has 0 heterocycles. The molecule has 0 fully saturated rings. The summed E-state index contributed by atoms with van der Waals surface area (Å²) < 4.78 is 4.75. The molecule has 78 valence electrons. The van der Waals surface area contributed by atoms with Crippen LogP contribution in [0.25, 0.3) is 0 Å². The smallest absolute Gasteiger partial charge is 0.342 e. The van der Waals surface area contributed by atoms with Crippen LogP contribution in [0.3, 0.4) is 0 Å². The summed E-state index contributed by atoms with van der Waals surface area (Å²) in [4.78, 5) is 22.4. The molecule has 0 aromatic heterocycles. The Labute approximate surface area is 82.6 Å². The molecule has 4 nitrogen and oxygen atoms in total. The molecule has 0 radical (unpaired) electrons. The van der Waals surface area contributed by atoms with E-state index in [-0.39, 0.29) is 25.2 Å². The number of allylic oxidation sites excluding steroid dienone is 1. The Hall–Kier alpha value is -1.16. The number of rotatable bonds is 2. The van der Waals surface area contributed by atoms with Crippen LogP contribution in [0.5, 0.6) is 0 Å². The number of ether oxygens (including phenoxy) is 1. The van der Waals surface area contributed by atoms with Gasteiger partial charge in [-0.15, -0.1) is 0 Å². The molecule has 0 spiro atoms. The number of ketones is 1. The van der Waals surface area contributed by atoms with Crippen molar-refractivity contribution in [2.45, 2.75) is 32.3 Å². The van der Waals surface area contributed by atoms with Gasteiger partial charge in [0, 0.05) is 6.42 Å². The maximum absolute atomic E-state index is 11.4. The molecule has 0 bridgehead atoms. The highest BCUT2D eigenvalue weighted by Gasteiger charge is 2.41. The lowest BCUT2D eigenvalue weighted by molar-refractivity contribution is -0.162. The van der Waals surface area contributed by atoms with Gasteiger partial charge in [-0.2, -0.15) is 0 Å². The number of aliphatic hydroxyl groups is 1. The number of carbonyl (C=O) groups is 2. The first-order valence-corrected chi connectivity index (χ1v) is 4.62. The fourth-order valence-electron chi connectivity index (χ4n) is 1.45. The van der Waals surface area contributed by atoms with Crippen molar-refractivity contribution >= 4 is 11.8 Å². The van der Waals surface area contributed by atoms with Crippen molar-refractivity contribution in [3.63, 3.8) is 0 Å². The van der Waals surface area contributed by atoms with E-state index < -0.39 is 11.6 Å². The topological polar surface area (TPSA) is 63.6 Å². The molecule has 1 N–H and O–H groups in total. The molecule has 0 aromatic carbocycles. The zero-order valence-corrected chi connectivity index (χ0v) is 8.37. The average Bonchev–Trinajstić information content (AvgIpc) is 2.12. The summed E-state index contributed by atoms with van der Waals surface area (Å²) in [5, 5.41) is 9.96. The zero-order valence-electron chi connectivity index (χ0n) is 8.37. The van der Waals surface area contributed by atoms with Crippen LogP contribution in [0.1, 0.15) is 26.7 Å². The van der Waals surface area contributed by atoms with Gasteiger partial charge >= 0.3 is 5.97 Å². The number of carbonyl (C=O) groups excluding carboxylic acids is 2. The summed E-state index contributed by atoms with van der Waals surface area (Å²) in [5.74, 6) is -0.724. The van der Waals surface area contributed by atoms with E-state index in [2.05, 4.69) is 0 Å². The first kappa shape index (κ1) is 10.9. The van der Waals surface area contributed by atoms with Crippen molar-refractivity contribution in [2.24, 2.45) is 0 Å². The monoisotopic (exact) mass is 198 g/mol. The molecule has 1 atom stereocenters. The van der Waals surface area contributed by atoms with E-state index in [0.29, 0.717) is 5.57 Å². The van der Waals surface area contributed by atoms with E-state index in [1.165, 1.54) is 6.08 Å². The SMILES string of the molecule is CCOC(=O)C1(O)CCC(=O)C=C1C. The lowest BCUT2D eigenvalue weighted by Gasteiger charge is -2.29. The predicted molar refractivity (Wildman–Crippen MR) is 49.6 cm³/mol. The van der Waals surface area contributed by atoms with Gasteiger partial charge in [-0.05, 0) is 31.9 Å². The Balaban J connectivity index is 2.89. The van der Waals surface area contributed by atoms with Crippen LogP contribution in [-0.2, 0) is 14.3 Å². The van der Waals surface area contributed by atoms with E-state index in [1.54, 1.807) is 13.8 Å². The normalized spacial score (nSPS) is 27.1. The first-order valence-electron chi connectivity index (χ1n) is 4.62. The van der Waals surface area contributed by atoms with Crippen molar-refractivity contribution < 1.29 is 19.4 Å². The van der Waals surface area contributed by atoms with Gasteiger partial charge in [-0.3, -0.25) is 4.79 Å². The Kier molecular flexibility index (Phi) is 3.06. The first-order chi connectivity index (χ1) is 6.50. The highest BCUT2D eigenvalue weighted by atomic mass is 16.5. The number of esters is 1. The Morgan fingerprint density at radius 2 is 2.36 bits per heavy atom. The van der Waals surface area contributed by atoms with Crippen LogP contribution in [-0.4, -0.2) is 29.1 Å². The van der Waals surface area contributed by atoms with Crippen molar-refractivity contribution in [1.29, 1.82) is 0 Å². The molecule has 14 heavy (non-hydrogen) atoms. The third kappa shape index (κ3) is 1.85. The Morgan fingerprint density at radius 3 is 2.86 bits per heavy atom. The van der Waals surface area contributed by atoms with Crippen molar-refractivity contribution in [3.8, 4) is 0 Å². The lowest BCUT2D eigenvalue weighted by atomic mass is 9.83.